The van der Waals surface area contributed by atoms with Gasteiger partial charge < -0.3 is 20.1 Å². The number of esters is 2. The molecule has 4 rings (SSSR count). The molecule has 2 heterocycles. The summed E-state index contributed by atoms with van der Waals surface area (Å²) in [6.45, 7) is 2.25. The number of aromatic nitrogens is 1. The summed E-state index contributed by atoms with van der Waals surface area (Å²) in [4.78, 5) is 41.9. The Morgan fingerprint density at radius 2 is 1.91 bits per heavy atom. The lowest BCUT2D eigenvalue weighted by molar-refractivity contribution is -0.141. The van der Waals surface area contributed by atoms with Crippen LogP contribution in [0.2, 0.25) is 0 Å². The Kier molecular flexibility index (Phi) is 7.57. The number of allylic oxidation sites excluding steroid dienone is 1. The summed E-state index contributed by atoms with van der Waals surface area (Å²) >= 11 is 0. The molecule has 8 nitrogen and oxygen atoms in total. The highest BCUT2D eigenvalue weighted by Gasteiger charge is 2.34. The van der Waals surface area contributed by atoms with Crippen LogP contribution in [-0.4, -0.2) is 29.6 Å². The highest BCUT2D eigenvalue weighted by molar-refractivity contribution is 5.95. The molecular formula is C26H29N3O5. The summed E-state index contributed by atoms with van der Waals surface area (Å²) < 4.78 is 11.2. The Morgan fingerprint density at radius 3 is 2.65 bits per heavy atom. The smallest absolute Gasteiger partial charge is 0.345 e. The maximum absolute atomic E-state index is 13.2. The maximum Gasteiger partial charge on any atom is 0.345 e. The Labute approximate surface area is 198 Å². The van der Waals surface area contributed by atoms with E-state index in [-0.39, 0.29) is 0 Å². The molecule has 1 atom stereocenters. The van der Waals surface area contributed by atoms with Gasteiger partial charge in [-0.2, -0.15) is 0 Å². The minimum atomic E-state index is -0.723. The minimum Gasteiger partial charge on any atom is -0.462 e. The molecule has 2 aromatic rings. The lowest BCUT2D eigenvalue weighted by Gasteiger charge is -2.30. The molecule has 2 aliphatic rings. The predicted molar refractivity (Wildman–Crippen MR) is 125 cm³/mol. The molecule has 0 saturated heterocycles. The zero-order chi connectivity index (χ0) is 23.9. The van der Waals surface area contributed by atoms with Crippen LogP contribution in [-0.2, 0) is 9.53 Å². The number of carbonyl (C=O) groups excluding carboxylic acids is 3. The van der Waals surface area contributed by atoms with Crippen molar-refractivity contribution in [1.82, 2.24) is 15.6 Å². The lowest BCUT2D eigenvalue weighted by Crippen LogP contribution is -2.46. The van der Waals surface area contributed by atoms with Gasteiger partial charge in [0.1, 0.15) is 5.75 Å². The molecule has 34 heavy (non-hydrogen) atoms. The number of hydrogen-bond acceptors (Lipinski definition) is 6. The first-order valence-electron chi connectivity index (χ1n) is 11.7. The second-order valence-electron chi connectivity index (χ2n) is 8.58. The van der Waals surface area contributed by atoms with E-state index in [1.54, 1.807) is 42.6 Å². The number of benzene rings is 1. The number of amides is 2. The van der Waals surface area contributed by atoms with Gasteiger partial charge in [0, 0.05) is 18.1 Å². The summed E-state index contributed by atoms with van der Waals surface area (Å²) in [6.07, 6.45) is 9.15. The van der Waals surface area contributed by atoms with Gasteiger partial charge in [0.15, 0.2) is 0 Å². The van der Waals surface area contributed by atoms with Gasteiger partial charge in [0.05, 0.1) is 23.8 Å². The number of hydrogen-bond donors (Lipinski definition) is 2. The van der Waals surface area contributed by atoms with E-state index in [4.69, 9.17) is 9.47 Å². The van der Waals surface area contributed by atoms with E-state index in [1.165, 1.54) is 12.6 Å². The van der Waals surface area contributed by atoms with Gasteiger partial charge >= 0.3 is 18.0 Å². The van der Waals surface area contributed by atoms with Crippen molar-refractivity contribution in [3.63, 3.8) is 0 Å². The van der Waals surface area contributed by atoms with E-state index in [2.05, 4.69) is 15.6 Å². The van der Waals surface area contributed by atoms with Crippen LogP contribution in [0.1, 0.15) is 67.4 Å². The van der Waals surface area contributed by atoms with E-state index < -0.39 is 24.0 Å². The van der Waals surface area contributed by atoms with Gasteiger partial charge in [0.25, 0.3) is 0 Å². The molecular weight excluding hydrogens is 434 g/mol. The van der Waals surface area contributed by atoms with E-state index >= 15 is 0 Å². The van der Waals surface area contributed by atoms with Gasteiger partial charge in [-0.3, -0.25) is 4.98 Å². The van der Waals surface area contributed by atoms with Crippen molar-refractivity contribution in [3.05, 3.63) is 71.2 Å². The molecule has 1 fully saturated rings. The lowest BCUT2D eigenvalue weighted by atomic mass is 9.90. The number of pyridine rings is 1. The van der Waals surface area contributed by atoms with Crippen LogP contribution in [0.25, 0.3) is 0 Å². The molecule has 0 bridgehead atoms. The molecule has 1 saturated carbocycles. The summed E-state index contributed by atoms with van der Waals surface area (Å²) in [5, 5.41) is 5.56. The number of urea groups is 1. The van der Waals surface area contributed by atoms with Crippen LogP contribution in [0.15, 0.2) is 60.1 Å². The third-order valence-electron chi connectivity index (χ3n) is 6.20. The molecule has 0 unspecified atom stereocenters. The molecule has 1 aromatic carbocycles. The van der Waals surface area contributed by atoms with Crippen LogP contribution < -0.4 is 15.4 Å². The second kappa shape index (κ2) is 11.0. The van der Waals surface area contributed by atoms with Gasteiger partial charge in [-0.15, -0.1) is 0 Å². The number of nitrogens with zero attached hydrogens (tertiary/aromatic N) is 1. The first-order valence-corrected chi connectivity index (χ1v) is 11.7. The fourth-order valence-electron chi connectivity index (χ4n) is 4.42. The molecule has 1 aliphatic carbocycles. The molecule has 2 N–H and O–H groups in total. The first kappa shape index (κ1) is 23.5. The van der Waals surface area contributed by atoms with Crippen molar-refractivity contribution in [3.8, 4) is 5.75 Å². The predicted octanol–water partition coefficient (Wildman–Crippen LogP) is 4.44. The average molecular weight is 464 g/mol. The summed E-state index contributed by atoms with van der Waals surface area (Å²) in [5.74, 6) is -0.315. The van der Waals surface area contributed by atoms with E-state index in [0.29, 0.717) is 47.1 Å². The number of rotatable bonds is 7. The molecule has 1 aliphatic heterocycles. The van der Waals surface area contributed by atoms with Crippen molar-refractivity contribution in [2.75, 3.05) is 6.61 Å². The molecule has 0 radical (unpaired) electrons. The Bertz CT molecular complexity index is 1080. The average Bonchev–Trinajstić information content (AvgIpc) is 2.88. The molecule has 0 spiro atoms. The van der Waals surface area contributed by atoms with Gasteiger partial charge in [-0.1, -0.05) is 38.3 Å². The summed E-state index contributed by atoms with van der Waals surface area (Å²) in [6, 6.07) is 8.93. The topological polar surface area (TPSA) is 107 Å². The molecule has 2 amide bonds. The zero-order valence-corrected chi connectivity index (χ0v) is 19.2. The SMILES string of the molecule is CCC1=C(C(=O)OCC2CCCCC2)[C@H](c2cccc(OC(=O)c3cccnc3)c2)NC(=O)N1. The van der Waals surface area contributed by atoms with Crippen LogP contribution >= 0.6 is 0 Å². The van der Waals surface area contributed by atoms with Gasteiger partial charge in [-0.05, 0) is 55.0 Å². The van der Waals surface area contributed by atoms with E-state index in [9.17, 15) is 14.4 Å². The Morgan fingerprint density at radius 1 is 1.09 bits per heavy atom. The first-order chi connectivity index (χ1) is 16.5. The fraction of sp³-hybridized carbons (Fsp3) is 0.385. The minimum absolute atomic E-state index is 0.298. The third kappa shape index (κ3) is 5.62. The van der Waals surface area contributed by atoms with Crippen molar-refractivity contribution in [2.45, 2.75) is 51.5 Å². The number of nitrogens with one attached hydrogen (secondary N) is 2. The van der Waals surface area contributed by atoms with Crippen LogP contribution in [0, 0.1) is 5.92 Å². The standard InChI is InChI=1S/C26H29N3O5/c1-2-21-22(25(31)33-16-17-8-4-3-5-9-17)23(29-26(32)28-21)18-10-6-12-20(14-18)34-24(30)19-11-7-13-27-15-19/h6-7,10-15,17,23H,2-5,8-9,16H2,1H3,(H2,28,29,32)/t23-/m0/s1. The second-order valence-corrected chi connectivity index (χ2v) is 8.58. The van der Waals surface area contributed by atoms with Crippen LogP contribution in [0.4, 0.5) is 4.79 Å². The number of ether oxygens (including phenoxy) is 2. The quantitative estimate of drug-likeness (QED) is 0.464. The molecule has 1 aromatic heterocycles. The number of carbonyl (C=O) groups is 3. The fourth-order valence-corrected chi connectivity index (χ4v) is 4.42. The van der Waals surface area contributed by atoms with Crippen molar-refractivity contribution in [2.24, 2.45) is 5.92 Å². The Balaban J connectivity index is 1.55. The van der Waals surface area contributed by atoms with Gasteiger partial charge in [0.2, 0.25) is 0 Å². The molecule has 178 valence electrons. The summed E-state index contributed by atoms with van der Waals surface area (Å²) in [5.41, 5.74) is 1.83. The van der Waals surface area contributed by atoms with Crippen LogP contribution in [0.5, 0.6) is 5.75 Å². The Hall–Kier alpha value is -3.68. The third-order valence-corrected chi connectivity index (χ3v) is 6.20. The van der Waals surface area contributed by atoms with E-state index in [0.717, 1.165) is 25.7 Å². The van der Waals surface area contributed by atoms with Crippen molar-refractivity contribution in [1.29, 1.82) is 0 Å². The van der Waals surface area contributed by atoms with E-state index in [1.807, 2.05) is 6.92 Å². The van der Waals surface area contributed by atoms with Crippen molar-refractivity contribution < 1.29 is 23.9 Å². The summed E-state index contributed by atoms with van der Waals surface area (Å²) in [7, 11) is 0. The largest absolute Gasteiger partial charge is 0.462 e. The molecule has 8 heteroatoms. The van der Waals surface area contributed by atoms with Gasteiger partial charge in [-0.25, -0.2) is 14.4 Å². The highest BCUT2D eigenvalue weighted by atomic mass is 16.5. The van der Waals surface area contributed by atoms with Crippen molar-refractivity contribution >= 4 is 18.0 Å². The highest BCUT2D eigenvalue weighted by Crippen LogP contribution is 2.32. The zero-order valence-electron chi connectivity index (χ0n) is 19.2. The maximum atomic E-state index is 13.2. The normalized spacial score (nSPS) is 18.6. The monoisotopic (exact) mass is 463 g/mol. The van der Waals surface area contributed by atoms with Crippen LogP contribution in [0.3, 0.4) is 0 Å².